The van der Waals surface area contributed by atoms with E-state index >= 15 is 0 Å². The van der Waals surface area contributed by atoms with Crippen LogP contribution < -0.4 is 20.3 Å². The third kappa shape index (κ3) is 4.98. The van der Waals surface area contributed by atoms with Gasteiger partial charge in [-0.3, -0.25) is 14.4 Å². The monoisotopic (exact) mass is 529 g/mol. The molecular formula is C25H18Cl3N3O4. The first-order valence-electron chi connectivity index (χ1n) is 10.3. The van der Waals surface area contributed by atoms with Gasteiger partial charge in [0.05, 0.1) is 18.5 Å². The topological polar surface area (TPSA) is 87.7 Å². The SMILES string of the molecule is COc1ccc(Cl)cc1NC(=O)c1ccc(NC2=C(Cl)C(=O)N(c3ccc(C)c(Cl)c3)C2=O)cc1. The average Bonchev–Trinajstić information content (AvgIpc) is 3.04. The summed E-state index contributed by atoms with van der Waals surface area (Å²) in [5.41, 5.74) is 2.28. The number of aryl methyl sites for hydroxylation is 1. The van der Waals surface area contributed by atoms with Crippen molar-refractivity contribution in [3.05, 3.63) is 92.6 Å². The van der Waals surface area contributed by atoms with Gasteiger partial charge in [0.25, 0.3) is 17.7 Å². The molecule has 0 saturated carbocycles. The molecule has 0 fully saturated rings. The first-order valence-corrected chi connectivity index (χ1v) is 11.4. The molecule has 0 aromatic heterocycles. The molecule has 0 radical (unpaired) electrons. The van der Waals surface area contributed by atoms with Crippen LogP contribution in [-0.2, 0) is 9.59 Å². The first-order chi connectivity index (χ1) is 16.7. The number of amides is 3. The van der Waals surface area contributed by atoms with E-state index in [9.17, 15) is 14.4 Å². The number of rotatable bonds is 6. The fraction of sp³-hybridized carbons (Fsp3) is 0.0800. The number of nitrogens with one attached hydrogen (secondary N) is 2. The van der Waals surface area contributed by atoms with Crippen molar-refractivity contribution in [1.29, 1.82) is 0 Å². The zero-order valence-electron chi connectivity index (χ0n) is 18.5. The zero-order valence-corrected chi connectivity index (χ0v) is 20.8. The van der Waals surface area contributed by atoms with Gasteiger partial charge in [-0.15, -0.1) is 0 Å². The lowest BCUT2D eigenvalue weighted by Crippen LogP contribution is -2.32. The van der Waals surface area contributed by atoms with Gasteiger partial charge in [-0.25, -0.2) is 4.90 Å². The second-order valence-electron chi connectivity index (χ2n) is 7.57. The van der Waals surface area contributed by atoms with Crippen LogP contribution in [0.1, 0.15) is 15.9 Å². The molecule has 1 aliphatic heterocycles. The molecule has 4 rings (SSSR count). The van der Waals surface area contributed by atoms with Crippen LogP contribution in [0.25, 0.3) is 0 Å². The highest BCUT2D eigenvalue weighted by atomic mass is 35.5. The lowest BCUT2D eigenvalue weighted by Gasteiger charge is -2.16. The van der Waals surface area contributed by atoms with Gasteiger partial charge in [0, 0.05) is 21.3 Å². The van der Waals surface area contributed by atoms with Crippen LogP contribution in [0.2, 0.25) is 10.0 Å². The minimum Gasteiger partial charge on any atom is -0.495 e. The van der Waals surface area contributed by atoms with Crippen LogP contribution in [0.5, 0.6) is 5.75 Å². The normalized spacial score (nSPS) is 13.3. The number of halogens is 3. The predicted molar refractivity (Wildman–Crippen MR) is 138 cm³/mol. The third-order valence-electron chi connectivity index (χ3n) is 5.27. The Bertz CT molecular complexity index is 1390. The summed E-state index contributed by atoms with van der Waals surface area (Å²) >= 11 is 18.3. The van der Waals surface area contributed by atoms with Crippen molar-refractivity contribution < 1.29 is 19.1 Å². The molecule has 7 nitrogen and oxygen atoms in total. The summed E-state index contributed by atoms with van der Waals surface area (Å²) in [7, 11) is 1.49. The maximum Gasteiger partial charge on any atom is 0.283 e. The highest BCUT2D eigenvalue weighted by molar-refractivity contribution is 6.53. The lowest BCUT2D eigenvalue weighted by atomic mass is 10.1. The Hall–Kier alpha value is -3.52. The lowest BCUT2D eigenvalue weighted by molar-refractivity contribution is -0.120. The van der Waals surface area contributed by atoms with Crippen molar-refractivity contribution in [2.24, 2.45) is 0 Å². The maximum atomic E-state index is 13.0. The van der Waals surface area contributed by atoms with Crippen LogP contribution in [0, 0.1) is 6.92 Å². The molecule has 3 aromatic carbocycles. The molecule has 35 heavy (non-hydrogen) atoms. The van der Waals surface area contributed by atoms with Gasteiger partial charge in [0.15, 0.2) is 0 Å². The Balaban J connectivity index is 1.50. The fourth-order valence-corrected chi connectivity index (χ4v) is 3.95. The van der Waals surface area contributed by atoms with Gasteiger partial charge in [-0.05, 0) is 67.1 Å². The largest absolute Gasteiger partial charge is 0.495 e. The minimum atomic E-state index is -0.662. The Morgan fingerprint density at radius 1 is 0.914 bits per heavy atom. The molecule has 10 heteroatoms. The average molecular weight is 531 g/mol. The van der Waals surface area contributed by atoms with E-state index in [1.807, 2.05) is 6.92 Å². The third-order valence-corrected chi connectivity index (χ3v) is 6.26. The number of carbonyl (C=O) groups is 3. The number of ether oxygens (including phenoxy) is 1. The fourth-order valence-electron chi connectivity index (χ4n) is 3.39. The smallest absolute Gasteiger partial charge is 0.283 e. The Kier molecular flexibility index (Phi) is 7.03. The van der Waals surface area contributed by atoms with E-state index in [1.165, 1.54) is 13.2 Å². The highest BCUT2D eigenvalue weighted by Crippen LogP contribution is 2.32. The maximum absolute atomic E-state index is 13.0. The van der Waals surface area contributed by atoms with E-state index in [0.29, 0.717) is 38.4 Å². The number of methoxy groups -OCH3 is 1. The van der Waals surface area contributed by atoms with Crippen LogP contribution in [-0.4, -0.2) is 24.8 Å². The molecule has 3 aromatic rings. The molecule has 0 aliphatic carbocycles. The summed E-state index contributed by atoms with van der Waals surface area (Å²) in [5.74, 6) is -1.20. The van der Waals surface area contributed by atoms with Crippen molar-refractivity contribution in [1.82, 2.24) is 0 Å². The predicted octanol–water partition coefficient (Wildman–Crippen LogP) is 6.00. The molecule has 3 amide bonds. The number of anilines is 3. The van der Waals surface area contributed by atoms with Crippen molar-refractivity contribution in [3.63, 3.8) is 0 Å². The van der Waals surface area contributed by atoms with Crippen LogP contribution in [0.4, 0.5) is 17.1 Å². The summed E-state index contributed by atoms with van der Waals surface area (Å²) in [5, 5.41) is 6.24. The van der Waals surface area contributed by atoms with Gasteiger partial charge in [-0.2, -0.15) is 0 Å². The summed E-state index contributed by atoms with van der Waals surface area (Å²) in [4.78, 5) is 39.3. The Morgan fingerprint density at radius 2 is 1.63 bits per heavy atom. The van der Waals surface area contributed by atoms with Gasteiger partial charge in [0.2, 0.25) is 0 Å². The minimum absolute atomic E-state index is 0.0748. The quantitative estimate of drug-likeness (QED) is 0.382. The highest BCUT2D eigenvalue weighted by Gasteiger charge is 2.39. The van der Waals surface area contributed by atoms with E-state index in [0.717, 1.165) is 10.5 Å². The van der Waals surface area contributed by atoms with Crippen LogP contribution in [0.3, 0.4) is 0 Å². The Labute approximate surface area is 216 Å². The second-order valence-corrected chi connectivity index (χ2v) is 8.79. The van der Waals surface area contributed by atoms with E-state index < -0.39 is 11.8 Å². The molecule has 178 valence electrons. The van der Waals surface area contributed by atoms with E-state index in [2.05, 4.69) is 10.6 Å². The number of imide groups is 1. The summed E-state index contributed by atoms with van der Waals surface area (Å²) in [6.45, 7) is 1.81. The zero-order chi connectivity index (χ0) is 25.3. The summed E-state index contributed by atoms with van der Waals surface area (Å²) in [6, 6.07) is 16.0. The molecule has 0 unspecified atom stereocenters. The molecular weight excluding hydrogens is 513 g/mol. The van der Waals surface area contributed by atoms with Crippen molar-refractivity contribution in [3.8, 4) is 5.75 Å². The number of hydrogen-bond acceptors (Lipinski definition) is 5. The Morgan fingerprint density at radius 3 is 2.29 bits per heavy atom. The standard InChI is InChI=1S/C25H18Cl3N3O4/c1-13-3-9-17(12-18(13)27)31-24(33)21(28)22(25(31)34)29-16-7-4-14(5-8-16)23(32)30-19-11-15(26)6-10-20(19)35-2/h3-12,29H,1-2H3,(H,30,32). The van der Waals surface area contributed by atoms with Crippen LogP contribution >= 0.6 is 34.8 Å². The number of hydrogen-bond donors (Lipinski definition) is 2. The van der Waals surface area contributed by atoms with Crippen molar-refractivity contribution in [2.75, 3.05) is 22.6 Å². The summed E-state index contributed by atoms with van der Waals surface area (Å²) in [6.07, 6.45) is 0. The molecule has 0 saturated heterocycles. The first kappa shape index (κ1) is 24.6. The van der Waals surface area contributed by atoms with Gasteiger partial charge < -0.3 is 15.4 Å². The summed E-state index contributed by atoms with van der Waals surface area (Å²) < 4.78 is 5.24. The molecule has 1 heterocycles. The second kappa shape index (κ2) is 10.00. The molecule has 0 bridgehead atoms. The molecule has 2 N–H and O–H groups in total. The number of benzene rings is 3. The van der Waals surface area contributed by atoms with Crippen molar-refractivity contribution in [2.45, 2.75) is 6.92 Å². The van der Waals surface area contributed by atoms with Gasteiger partial charge in [-0.1, -0.05) is 40.9 Å². The van der Waals surface area contributed by atoms with Crippen molar-refractivity contribution >= 4 is 69.6 Å². The molecule has 1 aliphatic rings. The number of nitrogens with zero attached hydrogens (tertiary/aromatic N) is 1. The molecule has 0 atom stereocenters. The van der Waals surface area contributed by atoms with Gasteiger partial charge >= 0.3 is 0 Å². The van der Waals surface area contributed by atoms with E-state index in [-0.39, 0.29) is 16.6 Å². The van der Waals surface area contributed by atoms with Gasteiger partial charge in [0.1, 0.15) is 16.5 Å². The van der Waals surface area contributed by atoms with E-state index in [1.54, 1.807) is 54.6 Å². The molecule has 0 spiro atoms. The number of carbonyl (C=O) groups excluding carboxylic acids is 3. The van der Waals surface area contributed by atoms with Crippen LogP contribution in [0.15, 0.2) is 71.4 Å². The van der Waals surface area contributed by atoms with E-state index in [4.69, 9.17) is 39.5 Å².